The molecule has 0 unspecified atom stereocenters. The predicted octanol–water partition coefficient (Wildman–Crippen LogP) is 16.5. The quantitative estimate of drug-likeness (QED) is 0.163. The van der Waals surface area contributed by atoms with Gasteiger partial charge in [-0.15, -0.1) is 22.7 Å². The van der Waals surface area contributed by atoms with E-state index in [2.05, 4.69) is 229 Å². The van der Waals surface area contributed by atoms with Gasteiger partial charge in [0.2, 0.25) is 0 Å². The van der Waals surface area contributed by atoms with Crippen LogP contribution < -0.4 is 20.0 Å². The van der Waals surface area contributed by atoms with Gasteiger partial charge in [0.05, 0.1) is 11.4 Å². The summed E-state index contributed by atoms with van der Waals surface area (Å²) in [6.45, 7) is 18.7. The van der Waals surface area contributed by atoms with Crippen molar-refractivity contribution < 1.29 is 0 Å². The SMILES string of the molecule is CC(C)(C)c1ccc(N2B3c4sc5ccccc5c4N(c4ccc(C(C)(C)C)cc4-c4ccccc4)c4cc5c(sc6ccccc65)c(c43)-c3c2ccc2c3-c3ccccc3C2(C)C)cc1. The van der Waals surface area contributed by atoms with Gasteiger partial charge < -0.3 is 9.71 Å². The van der Waals surface area contributed by atoms with E-state index in [0.29, 0.717) is 0 Å². The molecule has 0 fully saturated rings. The first-order valence-corrected chi connectivity index (χ1v) is 25.1. The molecule has 0 saturated heterocycles. The minimum absolute atomic E-state index is 0.0276. The Labute approximate surface area is 396 Å². The maximum Gasteiger partial charge on any atom is 0.343 e. The van der Waals surface area contributed by atoms with Crippen LogP contribution in [0.4, 0.5) is 28.4 Å². The first kappa shape index (κ1) is 39.9. The third kappa shape index (κ3) is 5.54. The molecule has 0 spiro atoms. The molecule has 2 aliphatic heterocycles. The van der Waals surface area contributed by atoms with Crippen LogP contribution in [0.1, 0.15) is 77.6 Å². The van der Waals surface area contributed by atoms with E-state index in [4.69, 9.17) is 0 Å². The van der Waals surface area contributed by atoms with Gasteiger partial charge in [-0.05, 0) is 104 Å². The molecule has 0 N–H and O–H groups in total. The van der Waals surface area contributed by atoms with E-state index in [-0.39, 0.29) is 23.1 Å². The molecule has 66 heavy (non-hydrogen) atoms. The van der Waals surface area contributed by atoms with Crippen molar-refractivity contribution in [1.29, 1.82) is 0 Å². The van der Waals surface area contributed by atoms with Crippen LogP contribution in [0.25, 0.3) is 63.6 Å². The maximum atomic E-state index is 2.73. The van der Waals surface area contributed by atoms with Gasteiger partial charge in [-0.25, -0.2) is 0 Å². The molecule has 8 aromatic carbocycles. The first-order valence-electron chi connectivity index (χ1n) is 23.5. The smallest absolute Gasteiger partial charge is 0.343 e. The zero-order valence-corrected chi connectivity index (χ0v) is 40.5. The van der Waals surface area contributed by atoms with Crippen molar-refractivity contribution in [3.05, 3.63) is 186 Å². The Balaban J connectivity index is 1.24. The van der Waals surface area contributed by atoms with E-state index >= 15 is 0 Å². The number of nitrogens with zero attached hydrogens (tertiary/aromatic N) is 2. The molecule has 13 rings (SSSR count). The number of rotatable bonds is 3. The second-order valence-electron chi connectivity index (χ2n) is 21.3. The van der Waals surface area contributed by atoms with Gasteiger partial charge in [-0.1, -0.05) is 171 Å². The van der Waals surface area contributed by atoms with Crippen molar-refractivity contribution in [2.75, 3.05) is 9.71 Å². The number of hydrogen-bond donors (Lipinski definition) is 0. The van der Waals surface area contributed by atoms with Crippen LogP contribution in [0.3, 0.4) is 0 Å². The molecule has 0 amide bonds. The summed E-state index contributed by atoms with van der Waals surface area (Å²) >= 11 is 3.94. The summed E-state index contributed by atoms with van der Waals surface area (Å²) in [5.74, 6) is 0. The van der Waals surface area contributed by atoms with Crippen molar-refractivity contribution in [2.24, 2.45) is 0 Å². The van der Waals surface area contributed by atoms with Crippen LogP contribution in [0.15, 0.2) is 164 Å². The normalized spacial score (nSPS) is 14.7. The van der Waals surface area contributed by atoms with Crippen molar-refractivity contribution in [1.82, 2.24) is 0 Å². The van der Waals surface area contributed by atoms with Gasteiger partial charge in [0.25, 0.3) is 0 Å². The molecule has 0 radical (unpaired) electrons. The average molecular weight is 887 g/mol. The lowest BCUT2D eigenvalue weighted by Gasteiger charge is -2.46. The Kier molecular flexibility index (Phi) is 8.36. The third-order valence-electron chi connectivity index (χ3n) is 15.0. The Morgan fingerprint density at radius 1 is 0.485 bits per heavy atom. The van der Waals surface area contributed by atoms with Crippen LogP contribution in [-0.4, -0.2) is 6.85 Å². The van der Waals surface area contributed by atoms with E-state index in [1.54, 1.807) is 0 Å². The molecule has 2 aromatic heterocycles. The summed E-state index contributed by atoms with van der Waals surface area (Å²) in [5.41, 5.74) is 20.9. The van der Waals surface area contributed by atoms with Crippen LogP contribution >= 0.6 is 22.7 Å². The summed E-state index contributed by atoms with van der Waals surface area (Å²) in [6, 6.07) is 62.9. The fraction of sp³-hybridized carbons (Fsp3) is 0.180. The molecule has 0 bridgehead atoms. The number of anilines is 5. The van der Waals surface area contributed by atoms with Gasteiger partial charge >= 0.3 is 6.85 Å². The van der Waals surface area contributed by atoms with E-state index < -0.39 is 0 Å². The fourth-order valence-electron chi connectivity index (χ4n) is 11.6. The lowest BCUT2D eigenvalue weighted by Crippen LogP contribution is -2.60. The number of thiophene rings is 2. The molecule has 5 heteroatoms. The third-order valence-corrected chi connectivity index (χ3v) is 17.4. The van der Waals surface area contributed by atoms with Crippen molar-refractivity contribution >= 4 is 98.5 Å². The zero-order valence-electron chi connectivity index (χ0n) is 38.9. The molecule has 320 valence electrons. The van der Waals surface area contributed by atoms with E-state index in [1.165, 1.54) is 125 Å². The standard InChI is InChI=1S/C61H51BN2S2/c1-59(2,3)37-26-29-39(30-27-37)64-48-33-31-46-52(41-21-12-15-23-45(41)61(46,7)8)53(48)54-55-49(35-44-40-20-13-16-24-50(40)65-57(44)54)63(56-42-22-14-17-25-51(42)66-58(56)62(55)64)47-32-28-38(60(4,5)6)34-43(47)36-18-10-9-11-19-36/h9-35H,1-8H3. The average Bonchev–Trinajstić information content (AvgIpc) is 3.96. The predicted molar refractivity (Wildman–Crippen MR) is 289 cm³/mol. The molecule has 4 heterocycles. The van der Waals surface area contributed by atoms with Crippen molar-refractivity contribution in [3.63, 3.8) is 0 Å². The van der Waals surface area contributed by atoms with Gasteiger partial charge in [-0.2, -0.15) is 0 Å². The molecule has 3 aliphatic rings. The molecule has 10 aromatic rings. The molecular formula is C61H51BN2S2. The molecule has 0 saturated carbocycles. The Bertz CT molecular complexity index is 3650. The first-order chi connectivity index (χ1) is 31.8. The number of hydrogen-bond acceptors (Lipinski definition) is 4. The lowest BCUT2D eigenvalue weighted by atomic mass is 9.46. The van der Waals surface area contributed by atoms with Crippen LogP contribution in [0.5, 0.6) is 0 Å². The maximum absolute atomic E-state index is 2.73. The number of fused-ring (bicyclic) bond motifs is 14. The summed E-state index contributed by atoms with van der Waals surface area (Å²) in [5, 5.41) is 3.92. The number of benzene rings is 8. The second-order valence-corrected chi connectivity index (χ2v) is 23.4. The summed E-state index contributed by atoms with van der Waals surface area (Å²) in [4.78, 5) is 5.42. The zero-order chi connectivity index (χ0) is 45.0. The van der Waals surface area contributed by atoms with Gasteiger partial charge in [-0.3, -0.25) is 0 Å². The Morgan fingerprint density at radius 3 is 1.86 bits per heavy atom. The highest BCUT2D eigenvalue weighted by Crippen LogP contribution is 2.60. The van der Waals surface area contributed by atoms with E-state index in [9.17, 15) is 0 Å². The van der Waals surface area contributed by atoms with Crippen LogP contribution in [0, 0.1) is 0 Å². The van der Waals surface area contributed by atoms with Crippen molar-refractivity contribution in [3.8, 4) is 33.4 Å². The highest BCUT2D eigenvalue weighted by molar-refractivity contribution is 7.33. The van der Waals surface area contributed by atoms with E-state index in [0.717, 1.165) is 0 Å². The van der Waals surface area contributed by atoms with E-state index in [1.807, 2.05) is 22.7 Å². The fourth-order valence-corrected chi connectivity index (χ4v) is 14.2. The second kappa shape index (κ2) is 13.8. The monoisotopic (exact) mass is 886 g/mol. The summed E-state index contributed by atoms with van der Waals surface area (Å²) in [7, 11) is 0. The van der Waals surface area contributed by atoms with Crippen LogP contribution in [0.2, 0.25) is 0 Å². The molecular weight excluding hydrogens is 836 g/mol. The van der Waals surface area contributed by atoms with Gasteiger partial charge in [0.1, 0.15) is 0 Å². The largest absolute Gasteiger partial charge is 0.376 e. The topological polar surface area (TPSA) is 6.48 Å². The highest BCUT2D eigenvalue weighted by Gasteiger charge is 2.50. The van der Waals surface area contributed by atoms with Gasteiger partial charge in [0, 0.05) is 74.2 Å². The molecule has 2 nitrogen and oxygen atoms in total. The Morgan fingerprint density at radius 2 is 1.12 bits per heavy atom. The highest BCUT2D eigenvalue weighted by atomic mass is 32.1. The molecule has 0 atom stereocenters. The summed E-state index contributed by atoms with van der Waals surface area (Å²) in [6.07, 6.45) is 0. The Hall–Kier alpha value is -6.40. The minimum atomic E-state index is -0.158. The molecule has 1 aliphatic carbocycles. The van der Waals surface area contributed by atoms with Gasteiger partial charge in [0.15, 0.2) is 0 Å². The minimum Gasteiger partial charge on any atom is -0.376 e. The van der Waals surface area contributed by atoms with Crippen LogP contribution in [-0.2, 0) is 16.2 Å². The lowest BCUT2D eigenvalue weighted by molar-refractivity contribution is 0.590. The van der Waals surface area contributed by atoms with Crippen molar-refractivity contribution in [2.45, 2.75) is 71.6 Å². The summed E-state index contributed by atoms with van der Waals surface area (Å²) < 4.78 is 5.37.